The van der Waals surface area contributed by atoms with Crippen molar-refractivity contribution in [3.63, 3.8) is 0 Å². The Labute approximate surface area is 203 Å². The standard InChI is InChI=1S/C26H28ClNO6/c1-4-34-17-11-9-15(10-12-17)23-22(25(30)26(31)28(23)16-7-5-6-8-16)24(29)18-13-21(33-3)19(27)14-20(18)32-2/h9-14,16,23,29H,4-8H2,1-3H3/b24-22+. The van der Waals surface area contributed by atoms with Gasteiger partial charge in [0.2, 0.25) is 0 Å². The van der Waals surface area contributed by atoms with Gasteiger partial charge in [-0.15, -0.1) is 0 Å². The number of halogens is 1. The molecule has 0 bridgehead atoms. The number of methoxy groups -OCH3 is 2. The number of likely N-dealkylation sites (tertiary alicyclic amines) is 1. The summed E-state index contributed by atoms with van der Waals surface area (Å²) in [6.07, 6.45) is 3.62. The molecule has 2 aromatic carbocycles. The zero-order chi connectivity index (χ0) is 24.4. The molecule has 1 aliphatic carbocycles. The zero-order valence-electron chi connectivity index (χ0n) is 19.5. The molecular formula is C26H28ClNO6. The van der Waals surface area contributed by atoms with Crippen LogP contribution in [0.25, 0.3) is 5.76 Å². The van der Waals surface area contributed by atoms with Crippen LogP contribution in [-0.2, 0) is 9.59 Å². The van der Waals surface area contributed by atoms with Crippen LogP contribution in [0.15, 0.2) is 42.0 Å². The van der Waals surface area contributed by atoms with Crippen molar-refractivity contribution in [3.05, 3.63) is 58.1 Å². The van der Waals surface area contributed by atoms with Crippen LogP contribution in [0.2, 0.25) is 5.02 Å². The second-order valence-electron chi connectivity index (χ2n) is 8.33. The average Bonchev–Trinajstić information content (AvgIpc) is 3.46. The molecule has 4 rings (SSSR count). The Morgan fingerprint density at radius 3 is 2.29 bits per heavy atom. The van der Waals surface area contributed by atoms with E-state index in [1.54, 1.807) is 17.0 Å². The van der Waals surface area contributed by atoms with E-state index in [0.29, 0.717) is 23.1 Å². The van der Waals surface area contributed by atoms with Gasteiger partial charge in [-0.25, -0.2) is 0 Å². The maximum Gasteiger partial charge on any atom is 0.295 e. The Hall–Kier alpha value is -3.19. The van der Waals surface area contributed by atoms with Crippen LogP contribution in [0.4, 0.5) is 0 Å². The minimum atomic E-state index is -0.731. The normalized spacial score (nSPS) is 20.1. The monoisotopic (exact) mass is 485 g/mol. The van der Waals surface area contributed by atoms with Crippen molar-refractivity contribution in [1.29, 1.82) is 0 Å². The second-order valence-corrected chi connectivity index (χ2v) is 8.74. The molecule has 2 aromatic rings. The predicted molar refractivity (Wildman–Crippen MR) is 129 cm³/mol. The Balaban J connectivity index is 1.90. The third kappa shape index (κ3) is 4.20. The third-order valence-electron chi connectivity index (χ3n) is 6.43. The fourth-order valence-corrected chi connectivity index (χ4v) is 5.07. The van der Waals surface area contributed by atoms with Crippen LogP contribution in [0.3, 0.4) is 0 Å². The molecular weight excluding hydrogens is 458 g/mol. The highest BCUT2D eigenvalue weighted by Gasteiger charge is 2.49. The summed E-state index contributed by atoms with van der Waals surface area (Å²) in [7, 11) is 2.90. The quantitative estimate of drug-likeness (QED) is 0.333. The Morgan fingerprint density at radius 2 is 1.71 bits per heavy atom. The highest BCUT2D eigenvalue weighted by atomic mass is 35.5. The van der Waals surface area contributed by atoms with Crippen LogP contribution in [-0.4, -0.2) is 48.6 Å². The number of benzene rings is 2. The van der Waals surface area contributed by atoms with Crippen molar-refractivity contribution < 1.29 is 28.9 Å². The minimum Gasteiger partial charge on any atom is -0.507 e. The van der Waals surface area contributed by atoms with E-state index in [1.165, 1.54) is 26.4 Å². The molecule has 1 aliphatic heterocycles. The maximum atomic E-state index is 13.3. The molecule has 180 valence electrons. The molecule has 0 spiro atoms. The number of nitrogens with zero attached hydrogens (tertiary/aromatic N) is 1. The van der Waals surface area contributed by atoms with Gasteiger partial charge in [-0.2, -0.15) is 0 Å². The summed E-state index contributed by atoms with van der Waals surface area (Å²) in [6.45, 7) is 2.43. The van der Waals surface area contributed by atoms with Crippen LogP contribution < -0.4 is 14.2 Å². The summed E-state index contributed by atoms with van der Waals surface area (Å²) in [5, 5.41) is 11.7. The lowest BCUT2D eigenvalue weighted by atomic mass is 9.94. The number of carbonyl (C=O) groups excluding carboxylic acids is 2. The van der Waals surface area contributed by atoms with E-state index < -0.39 is 17.7 Å². The highest BCUT2D eigenvalue weighted by Crippen LogP contribution is 2.45. The van der Waals surface area contributed by atoms with E-state index in [0.717, 1.165) is 31.2 Å². The molecule has 1 N–H and O–H groups in total. The molecule has 7 nitrogen and oxygen atoms in total. The molecule has 0 radical (unpaired) electrons. The third-order valence-corrected chi connectivity index (χ3v) is 6.73. The summed E-state index contributed by atoms with van der Waals surface area (Å²) in [5.74, 6) is -0.392. The van der Waals surface area contributed by atoms with E-state index in [4.69, 9.17) is 25.8 Å². The summed E-state index contributed by atoms with van der Waals surface area (Å²) in [4.78, 5) is 28.2. The second kappa shape index (κ2) is 9.97. The molecule has 1 unspecified atom stereocenters. The summed E-state index contributed by atoms with van der Waals surface area (Å²) in [5.41, 5.74) is 0.962. The summed E-state index contributed by atoms with van der Waals surface area (Å²) >= 11 is 6.23. The molecule has 1 amide bonds. The fourth-order valence-electron chi connectivity index (χ4n) is 4.84. The smallest absolute Gasteiger partial charge is 0.295 e. The Morgan fingerprint density at radius 1 is 1.06 bits per heavy atom. The molecule has 1 saturated heterocycles. The van der Waals surface area contributed by atoms with Gasteiger partial charge in [-0.3, -0.25) is 9.59 Å². The lowest BCUT2D eigenvalue weighted by molar-refractivity contribution is -0.141. The van der Waals surface area contributed by atoms with Crippen LogP contribution in [0.1, 0.15) is 49.8 Å². The molecule has 1 saturated carbocycles. The number of aliphatic hydroxyl groups is 1. The Bertz CT molecular complexity index is 1120. The molecule has 1 atom stereocenters. The van der Waals surface area contributed by atoms with Gasteiger partial charge in [0.1, 0.15) is 23.0 Å². The minimum absolute atomic E-state index is 0.0173. The van der Waals surface area contributed by atoms with E-state index in [9.17, 15) is 14.7 Å². The number of aliphatic hydroxyl groups excluding tert-OH is 1. The molecule has 8 heteroatoms. The molecule has 1 heterocycles. The first-order valence-electron chi connectivity index (χ1n) is 11.4. The van der Waals surface area contributed by atoms with Gasteiger partial charge in [-0.05, 0) is 43.5 Å². The number of Topliss-reactive ketones (excluding diaryl/α,β-unsaturated/α-hetero) is 1. The van der Waals surface area contributed by atoms with Gasteiger partial charge >= 0.3 is 0 Å². The SMILES string of the molecule is CCOc1ccc(C2/C(=C(\O)c3cc(OC)c(Cl)cc3OC)C(=O)C(=O)N2C2CCCC2)cc1. The van der Waals surface area contributed by atoms with Crippen molar-refractivity contribution in [2.45, 2.75) is 44.7 Å². The zero-order valence-corrected chi connectivity index (χ0v) is 20.2. The molecule has 2 aliphatic rings. The van der Waals surface area contributed by atoms with Gasteiger partial charge in [0.25, 0.3) is 11.7 Å². The average molecular weight is 486 g/mol. The number of rotatable bonds is 7. The summed E-state index contributed by atoms with van der Waals surface area (Å²) in [6, 6.07) is 9.49. The van der Waals surface area contributed by atoms with E-state index >= 15 is 0 Å². The van der Waals surface area contributed by atoms with E-state index in [2.05, 4.69) is 0 Å². The number of ether oxygens (including phenoxy) is 3. The molecule has 2 fully saturated rings. The largest absolute Gasteiger partial charge is 0.507 e. The fraction of sp³-hybridized carbons (Fsp3) is 0.385. The number of ketones is 1. The van der Waals surface area contributed by atoms with Gasteiger partial charge in [-0.1, -0.05) is 36.6 Å². The predicted octanol–water partition coefficient (Wildman–Crippen LogP) is 5.12. The number of hydrogen-bond donors (Lipinski definition) is 1. The maximum absolute atomic E-state index is 13.3. The van der Waals surface area contributed by atoms with E-state index in [-0.39, 0.29) is 28.7 Å². The number of carbonyl (C=O) groups is 2. The highest BCUT2D eigenvalue weighted by molar-refractivity contribution is 6.46. The Kier molecular flexibility index (Phi) is 7.03. The van der Waals surface area contributed by atoms with Gasteiger partial charge in [0, 0.05) is 12.1 Å². The van der Waals surface area contributed by atoms with E-state index in [1.807, 2.05) is 19.1 Å². The van der Waals surface area contributed by atoms with Crippen LogP contribution in [0, 0.1) is 0 Å². The van der Waals surface area contributed by atoms with Crippen LogP contribution >= 0.6 is 11.6 Å². The van der Waals surface area contributed by atoms with Crippen molar-refractivity contribution in [2.75, 3.05) is 20.8 Å². The number of amides is 1. The van der Waals surface area contributed by atoms with Crippen LogP contribution in [0.5, 0.6) is 17.2 Å². The summed E-state index contributed by atoms with van der Waals surface area (Å²) < 4.78 is 16.3. The van der Waals surface area contributed by atoms with Crippen molar-refractivity contribution >= 4 is 29.1 Å². The number of hydrogen-bond acceptors (Lipinski definition) is 6. The van der Waals surface area contributed by atoms with Crippen molar-refractivity contribution in [3.8, 4) is 17.2 Å². The van der Waals surface area contributed by atoms with Gasteiger partial charge in [0.05, 0.1) is 43.0 Å². The van der Waals surface area contributed by atoms with Gasteiger partial charge in [0.15, 0.2) is 0 Å². The first-order chi connectivity index (χ1) is 16.4. The van der Waals surface area contributed by atoms with Crippen molar-refractivity contribution in [1.82, 2.24) is 4.90 Å². The topological polar surface area (TPSA) is 85.3 Å². The lowest BCUT2D eigenvalue weighted by Crippen LogP contribution is -2.37. The van der Waals surface area contributed by atoms with Gasteiger partial charge < -0.3 is 24.2 Å². The molecule has 34 heavy (non-hydrogen) atoms. The first-order valence-corrected chi connectivity index (χ1v) is 11.7. The lowest BCUT2D eigenvalue weighted by Gasteiger charge is -2.31. The van der Waals surface area contributed by atoms with Crippen molar-refractivity contribution in [2.24, 2.45) is 0 Å². The first kappa shape index (κ1) is 24.0. The molecule has 0 aromatic heterocycles.